The zero-order valence-electron chi connectivity index (χ0n) is 14.3. The number of hydrogen-bond donors (Lipinski definition) is 2. The van der Waals surface area contributed by atoms with Crippen LogP contribution in [0.3, 0.4) is 0 Å². The van der Waals surface area contributed by atoms with Gasteiger partial charge in [-0.15, -0.1) is 12.4 Å². The average Bonchev–Trinajstić information content (AvgIpc) is 2.63. The van der Waals surface area contributed by atoms with E-state index in [-0.39, 0.29) is 28.8 Å². The Bertz CT molecular complexity index is 823. The Kier molecular flexibility index (Phi) is 7.05. The molecule has 1 fully saturated rings. The van der Waals surface area contributed by atoms with Crippen molar-refractivity contribution in [1.29, 1.82) is 0 Å². The van der Waals surface area contributed by atoms with Gasteiger partial charge in [0.25, 0.3) is 0 Å². The van der Waals surface area contributed by atoms with Gasteiger partial charge < -0.3 is 5.73 Å². The molecule has 0 aliphatic heterocycles. The summed E-state index contributed by atoms with van der Waals surface area (Å²) in [6.07, 6.45) is 6.04. The molecule has 0 bridgehead atoms. The third-order valence-corrected chi connectivity index (χ3v) is 6.78. The molecule has 2 aromatic rings. The molecule has 26 heavy (non-hydrogen) atoms. The monoisotopic (exact) mass is 415 g/mol. The van der Waals surface area contributed by atoms with Gasteiger partial charge in [-0.25, -0.2) is 13.1 Å². The van der Waals surface area contributed by atoms with E-state index in [1.165, 1.54) is 6.20 Å². The lowest BCUT2D eigenvalue weighted by molar-refractivity contribution is 0.267. The van der Waals surface area contributed by atoms with Crippen LogP contribution in [0.4, 0.5) is 0 Å². The summed E-state index contributed by atoms with van der Waals surface area (Å²) in [5.74, 6) is 0. The lowest BCUT2D eigenvalue weighted by Gasteiger charge is -2.40. The SMILES string of the molecule is Cl.NCC1(c2cccc(Cl)c2)CCC(NS(=O)(=O)c2cccnc2)CC1. The number of nitrogens with one attached hydrogen (secondary N) is 1. The summed E-state index contributed by atoms with van der Waals surface area (Å²) in [5, 5.41) is 0.699. The molecular weight excluding hydrogens is 393 g/mol. The van der Waals surface area contributed by atoms with E-state index in [0.717, 1.165) is 31.2 Å². The third kappa shape index (κ3) is 4.56. The maximum absolute atomic E-state index is 12.5. The second kappa shape index (κ2) is 8.67. The van der Waals surface area contributed by atoms with Crippen molar-refractivity contribution in [2.45, 2.75) is 42.0 Å². The van der Waals surface area contributed by atoms with E-state index in [2.05, 4.69) is 15.8 Å². The number of rotatable bonds is 5. The topological polar surface area (TPSA) is 85.1 Å². The fourth-order valence-corrected chi connectivity index (χ4v) is 4.97. The number of nitrogens with two attached hydrogens (primary N) is 1. The zero-order valence-corrected chi connectivity index (χ0v) is 16.7. The van der Waals surface area contributed by atoms with Crippen LogP contribution in [0.15, 0.2) is 53.7 Å². The molecule has 0 spiro atoms. The predicted octanol–water partition coefficient (Wildman–Crippen LogP) is 3.27. The first-order chi connectivity index (χ1) is 12.0. The van der Waals surface area contributed by atoms with Crippen molar-refractivity contribution >= 4 is 34.0 Å². The molecule has 1 heterocycles. The largest absolute Gasteiger partial charge is 0.330 e. The van der Waals surface area contributed by atoms with Crippen LogP contribution >= 0.6 is 24.0 Å². The molecule has 0 saturated heterocycles. The lowest BCUT2D eigenvalue weighted by Crippen LogP contribution is -2.45. The number of sulfonamides is 1. The van der Waals surface area contributed by atoms with E-state index in [1.54, 1.807) is 18.3 Å². The van der Waals surface area contributed by atoms with Crippen LogP contribution in [0.25, 0.3) is 0 Å². The van der Waals surface area contributed by atoms with Gasteiger partial charge in [0.05, 0.1) is 0 Å². The molecular formula is C18H23Cl2N3O2S. The minimum Gasteiger partial charge on any atom is -0.330 e. The van der Waals surface area contributed by atoms with E-state index < -0.39 is 10.0 Å². The Morgan fingerprint density at radius 3 is 2.54 bits per heavy atom. The van der Waals surface area contributed by atoms with Crippen LogP contribution in [-0.2, 0) is 15.4 Å². The van der Waals surface area contributed by atoms with Crippen LogP contribution in [0, 0.1) is 0 Å². The van der Waals surface area contributed by atoms with E-state index in [9.17, 15) is 8.42 Å². The summed E-state index contributed by atoms with van der Waals surface area (Å²) in [4.78, 5) is 4.08. The molecule has 3 N–H and O–H groups in total. The van der Waals surface area contributed by atoms with Crippen molar-refractivity contribution in [2.75, 3.05) is 6.54 Å². The predicted molar refractivity (Wildman–Crippen MR) is 106 cm³/mol. The number of benzene rings is 1. The molecule has 1 saturated carbocycles. The summed E-state index contributed by atoms with van der Waals surface area (Å²) < 4.78 is 27.7. The van der Waals surface area contributed by atoms with Gasteiger partial charge in [0.2, 0.25) is 10.0 Å². The average molecular weight is 416 g/mol. The van der Waals surface area contributed by atoms with Gasteiger partial charge in [-0.05, 0) is 55.5 Å². The molecule has 0 atom stereocenters. The highest BCUT2D eigenvalue weighted by Gasteiger charge is 2.37. The maximum atomic E-state index is 12.5. The second-order valence-electron chi connectivity index (χ2n) is 6.58. The highest BCUT2D eigenvalue weighted by molar-refractivity contribution is 7.89. The first-order valence-electron chi connectivity index (χ1n) is 8.34. The summed E-state index contributed by atoms with van der Waals surface area (Å²) in [5.41, 5.74) is 7.09. The Labute approximate surface area is 165 Å². The van der Waals surface area contributed by atoms with Gasteiger partial charge in [0, 0.05) is 35.4 Å². The van der Waals surface area contributed by atoms with Gasteiger partial charge in [0.15, 0.2) is 0 Å². The Hall–Kier alpha value is -1.18. The van der Waals surface area contributed by atoms with Crippen molar-refractivity contribution in [3.05, 3.63) is 59.4 Å². The van der Waals surface area contributed by atoms with Crippen molar-refractivity contribution in [3.63, 3.8) is 0 Å². The summed E-state index contributed by atoms with van der Waals surface area (Å²) in [6.45, 7) is 0.523. The van der Waals surface area contributed by atoms with Crippen molar-refractivity contribution in [2.24, 2.45) is 5.73 Å². The molecule has 1 aliphatic rings. The second-order valence-corrected chi connectivity index (χ2v) is 8.73. The number of pyridine rings is 1. The molecule has 0 unspecified atom stereocenters. The minimum absolute atomic E-state index is 0. The van der Waals surface area contributed by atoms with Crippen LogP contribution < -0.4 is 10.5 Å². The smallest absolute Gasteiger partial charge is 0.242 e. The van der Waals surface area contributed by atoms with Gasteiger partial charge in [-0.2, -0.15) is 0 Å². The van der Waals surface area contributed by atoms with Gasteiger partial charge in [0.1, 0.15) is 4.90 Å². The molecule has 142 valence electrons. The summed E-state index contributed by atoms with van der Waals surface area (Å²) in [6, 6.07) is 10.9. The number of aromatic nitrogens is 1. The lowest BCUT2D eigenvalue weighted by atomic mass is 9.68. The van der Waals surface area contributed by atoms with Gasteiger partial charge in [-0.1, -0.05) is 23.7 Å². The maximum Gasteiger partial charge on any atom is 0.242 e. The molecule has 0 amide bonds. The van der Waals surface area contributed by atoms with E-state index >= 15 is 0 Å². The number of halogens is 2. The van der Waals surface area contributed by atoms with E-state index in [1.807, 2.05) is 18.2 Å². The molecule has 3 rings (SSSR count). The molecule has 1 aromatic carbocycles. The number of nitrogens with zero attached hydrogens (tertiary/aromatic N) is 1. The molecule has 1 aromatic heterocycles. The first-order valence-corrected chi connectivity index (χ1v) is 10.2. The van der Waals surface area contributed by atoms with Crippen LogP contribution in [0.1, 0.15) is 31.2 Å². The van der Waals surface area contributed by atoms with Crippen LogP contribution in [0.2, 0.25) is 5.02 Å². The highest BCUT2D eigenvalue weighted by Crippen LogP contribution is 2.39. The fraction of sp³-hybridized carbons (Fsp3) is 0.389. The van der Waals surface area contributed by atoms with Crippen molar-refractivity contribution in [3.8, 4) is 0 Å². The zero-order chi connectivity index (χ0) is 17.9. The Morgan fingerprint density at radius 2 is 1.96 bits per heavy atom. The van der Waals surface area contributed by atoms with Crippen LogP contribution in [-0.4, -0.2) is 26.0 Å². The quantitative estimate of drug-likeness (QED) is 0.784. The van der Waals surface area contributed by atoms with Crippen LogP contribution in [0.5, 0.6) is 0 Å². The van der Waals surface area contributed by atoms with Gasteiger partial charge in [-0.3, -0.25) is 4.98 Å². The Balaban J connectivity index is 0.00000243. The van der Waals surface area contributed by atoms with E-state index in [4.69, 9.17) is 17.3 Å². The van der Waals surface area contributed by atoms with Gasteiger partial charge >= 0.3 is 0 Å². The van der Waals surface area contributed by atoms with Crippen molar-refractivity contribution in [1.82, 2.24) is 9.71 Å². The minimum atomic E-state index is -3.54. The third-order valence-electron chi connectivity index (χ3n) is 5.04. The van der Waals surface area contributed by atoms with E-state index in [0.29, 0.717) is 11.6 Å². The summed E-state index contributed by atoms with van der Waals surface area (Å²) in [7, 11) is -3.54. The first kappa shape index (κ1) is 21.1. The molecule has 5 nitrogen and oxygen atoms in total. The van der Waals surface area contributed by atoms with Crippen molar-refractivity contribution < 1.29 is 8.42 Å². The molecule has 8 heteroatoms. The normalized spacial score (nSPS) is 23.2. The highest BCUT2D eigenvalue weighted by atomic mass is 35.5. The molecule has 0 radical (unpaired) electrons. The summed E-state index contributed by atoms with van der Waals surface area (Å²) >= 11 is 6.13. The number of hydrogen-bond acceptors (Lipinski definition) is 4. The fourth-order valence-electron chi connectivity index (χ4n) is 3.51. The molecule has 1 aliphatic carbocycles. The Morgan fingerprint density at radius 1 is 1.23 bits per heavy atom. The standard InChI is InChI=1S/C18H22ClN3O2S.ClH/c19-15-4-1-3-14(11-15)18(13-20)8-6-16(7-9-18)22-25(23,24)17-5-2-10-21-12-17;/h1-5,10-12,16,22H,6-9,13,20H2;1H.